The lowest BCUT2D eigenvalue weighted by atomic mass is 9.86. The molecule has 2 atom stereocenters. The van der Waals surface area contributed by atoms with Gasteiger partial charge in [-0.05, 0) is 41.3 Å². The van der Waals surface area contributed by atoms with Crippen LogP contribution < -0.4 is 5.32 Å². The fraction of sp³-hybridized carbons (Fsp3) is 0.409. The number of hydrogen-bond donors (Lipinski definition) is 2. The van der Waals surface area contributed by atoms with E-state index in [-0.39, 0.29) is 31.8 Å². The van der Waals surface area contributed by atoms with Gasteiger partial charge in [0.2, 0.25) is 5.91 Å². The molecule has 168 valence electrons. The molecular weight excluding hydrogens is 416 g/mol. The molecule has 0 aromatic heterocycles. The standard InChI is InChI=1S/C22H24F4N2O3/c1-31-13-16(29)11-27-12-20(30)28-9-8-14-4-2-3-5-17(14)21(28)18-10-15(23)6-7-19(18)22(24,25)26/h2-7,10,16,21,27,29H,8-9,11-13H2,1H3. The van der Waals surface area contributed by atoms with E-state index in [4.69, 9.17) is 4.74 Å². The Balaban J connectivity index is 1.96. The number of aliphatic hydroxyl groups is 1. The van der Waals surface area contributed by atoms with E-state index in [1.807, 2.05) is 0 Å². The van der Waals surface area contributed by atoms with Crippen molar-refractivity contribution in [2.24, 2.45) is 0 Å². The number of rotatable bonds is 7. The van der Waals surface area contributed by atoms with E-state index < -0.39 is 35.6 Å². The minimum atomic E-state index is -4.70. The minimum absolute atomic E-state index is 0.0825. The third kappa shape index (κ3) is 5.41. The molecule has 1 aliphatic heterocycles. The molecule has 31 heavy (non-hydrogen) atoms. The van der Waals surface area contributed by atoms with Crippen molar-refractivity contribution in [1.82, 2.24) is 10.2 Å². The lowest BCUT2D eigenvalue weighted by Gasteiger charge is -2.39. The molecule has 0 fully saturated rings. The maximum atomic E-state index is 14.0. The highest BCUT2D eigenvalue weighted by molar-refractivity contribution is 5.80. The zero-order valence-electron chi connectivity index (χ0n) is 17.0. The van der Waals surface area contributed by atoms with E-state index in [1.165, 1.54) is 12.0 Å². The van der Waals surface area contributed by atoms with Gasteiger partial charge in [0.1, 0.15) is 5.82 Å². The summed E-state index contributed by atoms with van der Waals surface area (Å²) in [5.74, 6) is -1.25. The van der Waals surface area contributed by atoms with Gasteiger partial charge in [-0.3, -0.25) is 4.79 Å². The summed E-state index contributed by atoms with van der Waals surface area (Å²) in [6.45, 7) is 0.175. The van der Waals surface area contributed by atoms with E-state index in [0.29, 0.717) is 18.1 Å². The van der Waals surface area contributed by atoms with E-state index in [1.54, 1.807) is 24.3 Å². The summed E-state index contributed by atoms with van der Waals surface area (Å²) in [7, 11) is 1.43. The second-order valence-corrected chi connectivity index (χ2v) is 7.41. The highest BCUT2D eigenvalue weighted by atomic mass is 19.4. The molecule has 0 saturated heterocycles. The number of methoxy groups -OCH3 is 1. The molecule has 1 heterocycles. The molecule has 9 heteroatoms. The monoisotopic (exact) mass is 440 g/mol. The lowest BCUT2D eigenvalue weighted by molar-refractivity contribution is -0.140. The van der Waals surface area contributed by atoms with Gasteiger partial charge in [-0.1, -0.05) is 24.3 Å². The number of aliphatic hydroxyl groups excluding tert-OH is 1. The fourth-order valence-electron chi connectivity index (χ4n) is 3.89. The number of carbonyl (C=O) groups is 1. The first-order chi connectivity index (χ1) is 14.7. The molecule has 1 aliphatic rings. The Kier molecular flexibility index (Phi) is 7.30. The van der Waals surface area contributed by atoms with E-state index >= 15 is 0 Å². The molecule has 2 aromatic carbocycles. The smallest absolute Gasteiger partial charge is 0.389 e. The average Bonchev–Trinajstić information content (AvgIpc) is 2.72. The van der Waals surface area contributed by atoms with E-state index in [0.717, 1.165) is 17.7 Å². The van der Waals surface area contributed by atoms with Gasteiger partial charge in [0, 0.05) is 20.2 Å². The fourth-order valence-corrected chi connectivity index (χ4v) is 3.89. The van der Waals surface area contributed by atoms with Crippen molar-refractivity contribution < 1.29 is 32.2 Å². The topological polar surface area (TPSA) is 61.8 Å². The van der Waals surface area contributed by atoms with Crippen LogP contribution in [0.15, 0.2) is 42.5 Å². The Morgan fingerprint density at radius 1 is 1.26 bits per heavy atom. The van der Waals surface area contributed by atoms with Gasteiger partial charge in [0.05, 0.1) is 30.9 Å². The minimum Gasteiger partial charge on any atom is -0.389 e. The molecule has 0 bridgehead atoms. The molecule has 0 radical (unpaired) electrons. The van der Waals surface area contributed by atoms with Crippen molar-refractivity contribution in [3.63, 3.8) is 0 Å². The number of nitrogens with one attached hydrogen (secondary N) is 1. The van der Waals surface area contributed by atoms with E-state index in [2.05, 4.69) is 5.32 Å². The molecule has 2 unspecified atom stereocenters. The molecule has 0 aliphatic carbocycles. The van der Waals surface area contributed by atoms with Crippen LogP contribution in [0.25, 0.3) is 0 Å². The number of halogens is 4. The van der Waals surface area contributed by atoms with Crippen LogP contribution in [-0.2, 0) is 22.1 Å². The highest BCUT2D eigenvalue weighted by Crippen LogP contribution is 2.42. The average molecular weight is 440 g/mol. The summed E-state index contributed by atoms with van der Waals surface area (Å²) in [6, 6.07) is 8.20. The van der Waals surface area contributed by atoms with Crippen LogP contribution in [0.3, 0.4) is 0 Å². The number of benzene rings is 2. The summed E-state index contributed by atoms with van der Waals surface area (Å²) in [5.41, 5.74) is 0.0827. The molecule has 5 nitrogen and oxygen atoms in total. The Hall–Kier alpha value is -2.49. The quantitative estimate of drug-likeness (QED) is 0.650. The van der Waals surface area contributed by atoms with Crippen LogP contribution in [0, 0.1) is 5.82 Å². The molecule has 3 rings (SSSR count). The first-order valence-electron chi connectivity index (χ1n) is 9.84. The number of carbonyl (C=O) groups excluding carboxylic acids is 1. The zero-order chi connectivity index (χ0) is 22.6. The number of ether oxygens (including phenoxy) is 1. The third-order valence-electron chi connectivity index (χ3n) is 5.23. The summed E-state index contributed by atoms with van der Waals surface area (Å²) in [5, 5.41) is 12.5. The number of alkyl halides is 3. The van der Waals surface area contributed by atoms with Gasteiger partial charge >= 0.3 is 6.18 Å². The molecule has 0 saturated carbocycles. The van der Waals surface area contributed by atoms with E-state index in [9.17, 15) is 27.5 Å². The van der Waals surface area contributed by atoms with Crippen LogP contribution >= 0.6 is 0 Å². The molecule has 1 amide bonds. The van der Waals surface area contributed by atoms with Gasteiger partial charge in [-0.15, -0.1) is 0 Å². The number of hydrogen-bond acceptors (Lipinski definition) is 4. The van der Waals surface area contributed by atoms with Crippen LogP contribution in [0.4, 0.5) is 17.6 Å². The second kappa shape index (κ2) is 9.76. The Bertz CT molecular complexity index is 920. The number of fused-ring (bicyclic) bond motifs is 1. The first-order valence-corrected chi connectivity index (χ1v) is 9.84. The van der Waals surface area contributed by atoms with Gasteiger partial charge in [-0.2, -0.15) is 13.2 Å². The lowest BCUT2D eigenvalue weighted by Crippen LogP contribution is -2.46. The van der Waals surface area contributed by atoms with Gasteiger partial charge < -0.3 is 20.1 Å². The van der Waals surface area contributed by atoms with Crippen LogP contribution in [0.5, 0.6) is 0 Å². The summed E-state index contributed by atoms with van der Waals surface area (Å²) in [6.07, 6.45) is -5.05. The Morgan fingerprint density at radius 3 is 2.71 bits per heavy atom. The SMILES string of the molecule is COCC(O)CNCC(=O)N1CCc2ccccc2C1c1cc(F)ccc1C(F)(F)F. The summed E-state index contributed by atoms with van der Waals surface area (Å²) >= 11 is 0. The summed E-state index contributed by atoms with van der Waals surface area (Å²) < 4.78 is 60.0. The van der Waals surface area contributed by atoms with Crippen LogP contribution in [0.2, 0.25) is 0 Å². The van der Waals surface area contributed by atoms with Crippen molar-refractivity contribution in [2.75, 3.05) is 33.4 Å². The maximum Gasteiger partial charge on any atom is 0.416 e. The van der Waals surface area contributed by atoms with Crippen molar-refractivity contribution in [3.8, 4) is 0 Å². The molecule has 0 spiro atoms. The zero-order valence-corrected chi connectivity index (χ0v) is 17.0. The maximum absolute atomic E-state index is 14.0. The number of amides is 1. The summed E-state index contributed by atoms with van der Waals surface area (Å²) in [4.78, 5) is 14.3. The predicted molar refractivity (Wildman–Crippen MR) is 106 cm³/mol. The molecular formula is C22H24F4N2O3. The molecule has 2 N–H and O–H groups in total. The third-order valence-corrected chi connectivity index (χ3v) is 5.23. The Labute approximate surface area is 177 Å². The predicted octanol–water partition coefficient (Wildman–Crippen LogP) is 2.92. The first kappa shape index (κ1) is 23.2. The van der Waals surface area contributed by atoms with Gasteiger partial charge in [0.25, 0.3) is 0 Å². The van der Waals surface area contributed by atoms with Crippen LogP contribution in [-0.4, -0.2) is 55.4 Å². The van der Waals surface area contributed by atoms with Crippen molar-refractivity contribution >= 4 is 5.91 Å². The Morgan fingerprint density at radius 2 is 2.00 bits per heavy atom. The highest BCUT2D eigenvalue weighted by Gasteiger charge is 2.40. The normalized spacial score (nSPS) is 17.4. The molecule has 2 aromatic rings. The van der Waals surface area contributed by atoms with Gasteiger partial charge in [0.15, 0.2) is 0 Å². The number of nitrogens with zero attached hydrogens (tertiary/aromatic N) is 1. The second-order valence-electron chi connectivity index (χ2n) is 7.41. The van der Waals surface area contributed by atoms with Crippen LogP contribution in [0.1, 0.15) is 28.3 Å². The van der Waals surface area contributed by atoms with Gasteiger partial charge in [-0.25, -0.2) is 4.39 Å². The van der Waals surface area contributed by atoms with Crippen molar-refractivity contribution in [1.29, 1.82) is 0 Å². The van der Waals surface area contributed by atoms with Crippen molar-refractivity contribution in [2.45, 2.75) is 24.7 Å². The largest absolute Gasteiger partial charge is 0.416 e. The van der Waals surface area contributed by atoms with Crippen molar-refractivity contribution in [3.05, 3.63) is 70.5 Å².